The second kappa shape index (κ2) is 7.67. The minimum Gasteiger partial charge on any atom is -0.481 e. The summed E-state index contributed by atoms with van der Waals surface area (Å²) in [5.41, 5.74) is -1.47. The summed E-state index contributed by atoms with van der Waals surface area (Å²) in [6.07, 6.45) is -3.00. The molecule has 0 bridgehead atoms. The molecule has 0 heterocycles. The first kappa shape index (κ1) is 17.3. The minimum absolute atomic E-state index is 0.402. The summed E-state index contributed by atoms with van der Waals surface area (Å²) in [4.78, 5) is 32.1. The fourth-order valence-electron chi connectivity index (χ4n) is 1.45. The van der Waals surface area contributed by atoms with E-state index in [1.165, 1.54) is 0 Å². The van der Waals surface area contributed by atoms with E-state index in [9.17, 15) is 14.4 Å². The van der Waals surface area contributed by atoms with Crippen molar-refractivity contribution in [2.45, 2.75) is 12.8 Å². The molecule has 0 amide bonds. The molecule has 0 aromatic carbocycles. The maximum absolute atomic E-state index is 11.1. The third kappa shape index (κ3) is 5.64. The summed E-state index contributed by atoms with van der Waals surface area (Å²) in [6.45, 7) is -2.05. The second-order valence-corrected chi connectivity index (χ2v) is 4.16. The fraction of sp³-hybridized carbons (Fsp3) is 0.700. The Morgan fingerprint density at radius 3 is 1.79 bits per heavy atom. The number of esters is 1. The molecule has 0 aliphatic heterocycles. The molecule has 0 aliphatic rings. The molecule has 0 aromatic rings. The molecule has 0 saturated heterocycles. The minimum atomic E-state index is -1.85. The lowest BCUT2D eigenvalue weighted by Crippen LogP contribution is -2.38. The van der Waals surface area contributed by atoms with E-state index in [1.807, 2.05) is 0 Å². The van der Waals surface area contributed by atoms with Crippen LogP contribution >= 0.6 is 0 Å². The SMILES string of the molecule is O=C(O)OC(=O)CC(CC(CO)(CO)CO)C(=O)O. The van der Waals surface area contributed by atoms with Crippen LogP contribution in [0.25, 0.3) is 0 Å². The number of aliphatic hydroxyl groups excluding tert-OH is 3. The Morgan fingerprint density at radius 1 is 1.00 bits per heavy atom. The van der Waals surface area contributed by atoms with Gasteiger partial charge in [-0.05, 0) is 6.42 Å². The molecule has 9 heteroatoms. The van der Waals surface area contributed by atoms with E-state index in [2.05, 4.69) is 4.74 Å². The summed E-state index contributed by atoms with van der Waals surface area (Å²) in [5, 5.41) is 44.3. The number of hydrogen-bond donors (Lipinski definition) is 5. The predicted octanol–water partition coefficient (Wildman–Crippen LogP) is -1.35. The van der Waals surface area contributed by atoms with Gasteiger partial charge in [0.05, 0.1) is 32.2 Å². The number of hydrogen-bond acceptors (Lipinski definition) is 7. The number of carboxylic acids is 1. The van der Waals surface area contributed by atoms with Gasteiger partial charge >= 0.3 is 18.1 Å². The Morgan fingerprint density at radius 2 is 1.47 bits per heavy atom. The van der Waals surface area contributed by atoms with Crippen LogP contribution in [-0.2, 0) is 14.3 Å². The van der Waals surface area contributed by atoms with E-state index < -0.39 is 62.1 Å². The van der Waals surface area contributed by atoms with Gasteiger partial charge in [-0.3, -0.25) is 9.59 Å². The number of carbonyl (C=O) groups is 3. The Bertz CT molecular complexity index is 326. The first-order valence-corrected chi connectivity index (χ1v) is 5.29. The molecule has 110 valence electrons. The average Bonchev–Trinajstić information content (AvgIpc) is 2.33. The van der Waals surface area contributed by atoms with Crippen LogP contribution < -0.4 is 0 Å². The van der Waals surface area contributed by atoms with Gasteiger partial charge in [0.25, 0.3) is 0 Å². The van der Waals surface area contributed by atoms with Gasteiger partial charge in [-0.2, -0.15) is 0 Å². The quantitative estimate of drug-likeness (QED) is 0.267. The number of ether oxygens (including phenoxy) is 1. The van der Waals surface area contributed by atoms with Gasteiger partial charge in [-0.25, -0.2) is 4.79 Å². The highest BCUT2D eigenvalue weighted by Crippen LogP contribution is 2.27. The highest BCUT2D eigenvalue weighted by Gasteiger charge is 2.36. The summed E-state index contributed by atoms with van der Waals surface area (Å²) in [7, 11) is 0. The zero-order valence-electron chi connectivity index (χ0n) is 9.98. The van der Waals surface area contributed by atoms with Crippen LogP contribution in [0.1, 0.15) is 12.8 Å². The fourth-order valence-corrected chi connectivity index (χ4v) is 1.45. The van der Waals surface area contributed by atoms with Crippen molar-refractivity contribution in [2.75, 3.05) is 19.8 Å². The Hall–Kier alpha value is -1.71. The number of rotatable bonds is 8. The molecule has 0 aliphatic carbocycles. The monoisotopic (exact) mass is 280 g/mol. The van der Waals surface area contributed by atoms with E-state index in [0.29, 0.717) is 0 Å². The Kier molecular flexibility index (Phi) is 6.98. The van der Waals surface area contributed by atoms with Crippen LogP contribution in [-0.4, -0.2) is 63.4 Å². The van der Waals surface area contributed by atoms with Crippen LogP contribution in [0.2, 0.25) is 0 Å². The van der Waals surface area contributed by atoms with Crippen LogP contribution in [0.5, 0.6) is 0 Å². The van der Waals surface area contributed by atoms with Crippen molar-refractivity contribution >= 4 is 18.1 Å². The van der Waals surface area contributed by atoms with Crippen LogP contribution in [0.3, 0.4) is 0 Å². The molecule has 0 radical (unpaired) electrons. The Labute approximate surface area is 108 Å². The Balaban J connectivity index is 4.79. The van der Waals surface area contributed by atoms with Crippen molar-refractivity contribution in [3.63, 3.8) is 0 Å². The largest absolute Gasteiger partial charge is 0.513 e. The third-order valence-corrected chi connectivity index (χ3v) is 2.65. The van der Waals surface area contributed by atoms with E-state index in [0.717, 1.165) is 0 Å². The normalized spacial score (nSPS) is 12.8. The first-order valence-electron chi connectivity index (χ1n) is 5.29. The molecule has 9 nitrogen and oxygen atoms in total. The molecular weight excluding hydrogens is 264 g/mol. The molecule has 5 N–H and O–H groups in total. The molecule has 0 aromatic heterocycles. The lowest BCUT2D eigenvalue weighted by Gasteiger charge is -2.29. The zero-order chi connectivity index (χ0) is 15.1. The van der Waals surface area contributed by atoms with Gasteiger partial charge < -0.3 is 30.3 Å². The van der Waals surface area contributed by atoms with Gasteiger partial charge in [0.2, 0.25) is 0 Å². The number of aliphatic hydroxyl groups is 3. The van der Waals surface area contributed by atoms with Crippen LogP contribution in [0.15, 0.2) is 0 Å². The van der Waals surface area contributed by atoms with Crippen LogP contribution in [0, 0.1) is 11.3 Å². The van der Waals surface area contributed by atoms with Gasteiger partial charge in [0.15, 0.2) is 0 Å². The molecular formula is C10H16O9. The lowest BCUT2D eigenvalue weighted by atomic mass is 9.80. The van der Waals surface area contributed by atoms with Crippen molar-refractivity contribution < 1.29 is 44.7 Å². The van der Waals surface area contributed by atoms with Crippen molar-refractivity contribution in [1.82, 2.24) is 0 Å². The maximum Gasteiger partial charge on any atom is 0.513 e. The molecule has 0 rings (SSSR count). The van der Waals surface area contributed by atoms with Crippen molar-refractivity contribution in [2.24, 2.45) is 11.3 Å². The summed E-state index contributed by atoms with van der Waals surface area (Å²) in [5.74, 6) is -4.08. The zero-order valence-corrected chi connectivity index (χ0v) is 9.98. The first-order chi connectivity index (χ1) is 8.80. The third-order valence-electron chi connectivity index (χ3n) is 2.65. The smallest absolute Gasteiger partial charge is 0.481 e. The van der Waals surface area contributed by atoms with Gasteiger partial charge in [0.1, 0.15) is 0 Å². The van der Waals surface area contributed by atoms with Gasteiger partial charge in [0, 0.05) is 5.41 Å². The number of carbonyl (C=O) groups excluding carboxylic acids is 1. The standard InChI is InChI=1S/C10H16O9/c11-3-10(4-12,5-13)2-6(8(15)16)1-7(14)19-9(17)18/h6,11-13H,1-5H2,(H,15,16)(H,17,18). The summed E-state index contributed by atoms with van der Waals surface area (Å²) >= 11 is 0. The second-order valence-electron chi connectivity index (χ2n) is 4.16. The van der Waals surface area contributed by atoms with Gasteiger partial charge in [-0.1, -0.05) is 0 Å². The highest BCUT2D eigenvalue weighted by atomic mass is 16.7. The molecule has 1 atom stereocenters. The van der Waals surface area contributed by atoms with Crippen LogP contribution in [0.4, 0.5) is 4.79 Å². The van der Waals surface area contributed by atoms with E-state index in [1.54, 1.807) is 0 Å². The average molecular weight is 280 g/mol. The topological polar surface area (TPSA) is 162 Å². The van der Waals surface area contributed by atoms with Gasteiger partial charge in [-0.15, -0.1) is 0 Å². The molecule has 0 spiro atoms. The molecule has 0 fully saturated rings. The van der Waals surface area contributed by atoms with Crippen molar-refractivity contribution in [1.29, 1.82) is 0 Å². The van der Waals surface area contributed by atoms with E-state index in [4.69, 9.17) is 25.5 Å². The van der Waals surface area contributed by atoms with E-state index in [-0.39, 0.29) is 0 Å². The number of carboxylic acid groups (broad SMARTS) is 2. The summed E-state index contributed by atoms with van der Waals surface area (Å²) in [6, 6.07) is 0. The lowest BCUT2D eigenvalue weighted by molar-refractivity contribution is -0.151. The van der Waals surface area contributed by atoms with E-state index >= 15 is 0 Å². The molecule has 1 unspecified atom stereocenters. The molecule has 0 saturated carbocycles. The van der Waals surface area contributed by atoms with Crippen molar-refractivity contribution in [3.8, 4) is 0 Å². The summed E-state index contributed by atoms with van der Waals surface area (Å²) < 4.78 is 3.77. The molecule has 19 heavy (non-hydrogen) atoms. The highest BCUT2D eigenvalue weighted by molar-refractivity contribution is 5.84. The predicted molar refractivity (Wildman–Crippen MR) is 58.2 cm³/mol. The maximum atomic E-state index is 11.1. The number of aliphatic carboxylic acids is 1. The van der Waals surface area contributed by atoms with Crippen molar-refractivity contribution in [3.05, 3.63) is 0 Å².